The van der Waals surface area contributed by atoms with Gasteiger partial charge in [-0.15, -0.1) is 0 Å². The fourth-order valence-electron chi connectivity index (χ4n) is 3.66. The monoisotopic (exact) mass is 457 g/mol. The van der Waals surface area contributed by atoms with Gasteiger partial charge in [0.25, 0.3) is 0 Å². The van der Waals surface area contributed by atoms with E-state index < -0.39 is 23.9 Å². The van der Waals surface area contributed by atoms with Crippen LogP contribution in [-0.2, 0) is 14.3 Å². The SMILES string of the molecule is COc1ccc(NC(=O)CN2C(=O)N[C@H](c3ccccc3Cl)C3=C2COC3=O)c(OC)c1. The molecule has 1 atom stereocenters. The van der Waals surface area contributed by atoms with E-state index in [0.717, 1.165) is 0 Å². The molecular formula is C22H20ClN3O6. The second-order valence-electron chi connectivity index (χ2n) is 7.04. The van der Waals surface area contributed by atoms with Gasteiger partial charge in [-0.1, -0.05) is 29.8 Å². The van der Waals surface area contributed by atoms with Gasteiger partial charge in [0.15, 0.2) is 0 Å². The van der Waals surface area contributed by atoms with Crippen LogP contribution >= 0.6 is 11.6 Å². The number of benzene rings is 2. The van der Waals surface area contributed by atoms with Crippen molar-refractivity contribution in [2.45, 2.75) is 6.04 Å². The quantitative estimate of drug-likeness (QED) is 0.646. The van der Waals surface area contributed by atoms with E-state index >= 15 is 0 Å². The summed E-state index contributed by atoms with van der Waals surface area (Å²) in [7, 11) is 2.99. The molecule has 2 aliphatic rings. The van der Waals surface area contributed by atoms with Gasteiger partial charge in [0.2, 0.25) is 5.91 Å². The Morgan fingerprint density at radius 3 is 2.72 bits per heavy atom. The molecule has 0 saturated carbocycles. The van der Waals surface area contributed by atoms with E-state index in [1.807, 2.05) is 0 Å². The van der Waals surface area contributed by atoms with Gasteiger partial charge in [0.1, 0.15) is 24.7 Å². The van der Waals surface area contributed by atoms with Gasteiger partial charge in [-0.05, 0) is 23.8 Å². The van der Waals surface area contributed by atoms with Crippen molar-refractivity contribution in [2.75, 3.05) is 32.7 Å². The molecule has 4 rings (SSSR count). The Labute approximate surface area is 188 Å². The van der Waals surface area contributed by atoms with Crippen molar-refractivity contribution in [2.24, 2.45) is 0 Å². The largest absolute Gasteiger partial charge is 0.497 e. The third-order valence-electron chi connectivity index (χ3n) is 5.20. The van der Waals surface area contributed by atoms with Crippen molar-refractivity contribution in [3.05, 3.63) is 64.3 Å². The number of halogens is 1. The zero-order valence-electron chi connectivity index (χ0n) is 17.3. The first-order valence-electron chi connectivity index (χ1n) is 9.67. The maximum absolute atomic E-state index is 12.9. The van der Waals surface area contributed by atoms with E-state index in [1.54, 1.807) is 42.5 Å². The Kier molecular flexibility index (Phi) is 5.91. The van der Waals surface area contributed by atoms with Gasteiger partial charge in [-0.2, -0.15) is 0 Å². The highest BCUT2D eigenvalue weighted by molar-refractivity contribution is 6.31. The first kappa shape index (κ1) is 21.5. The van der Waals surface area contributed by atoms with Crippen molar-refractivity contribution in [3.8, 4) is 11.5 Å². The smallest absolute Gasteiger partial charge is 0.338 e. The molecule has 0 bridgehead atoms. The summed E-state index contributed by atoms with van der Waals surface area (Å²) >= 11 is 6.28. The molecule has 166 valence electrons. The highest BCUT2D eigenvalue weighted by Gasteiger charge is 2.43. The van der Waals surface area contributed by atoms with Crippen molar-refractivity contribution < 1.29 is 28.6 Å². The molecule has 2 aromatic carbocycles. The van der Waals surface area contributed by atoms with E-state index in [9.17, 15) is 14.4 Å². The number of carbonyl (C=O) groups is 3. The van der Waals surface area contributed by atoms with E-state index in [4.69, 9.17) is 25.8 Å². The number of carbonyl (C=O) groups excluding carboxylic acids is 3. The minimum Gasteiger partial charge on any atom is -0.497 e. The van der Waals surface area contributed by atoms with Crippen LogP contribution in [0, 0.1) is 0 Å². The zero-order valence-corrected chi connectivity index (χ0v) is 18.1. The number of amides is 3. The van der Waals surface area contributed by atoms with Crippen LogP contribution in [0.3, 0.4) is 0 Å². The molecule has 0 fully saturated rings. The number of cyclic esters (lactones) is 1. The molecule has 0 aliphatic carbocycles. The molecule has 32 heavy (non-hydrogen) atoms. The van der Waals surface area contributed by atoms with Crippen LogP contribution in [0.15, 0.2) is 53.7 Å². The number of hydrogen-bond acceptors (Lipinski definition) is 6. The third kappa shape index (κ3) is 3.94. The third-order valence-corrected chi connectivity index (χ3v) is 5.54. The second-order valence-corrected chi connectivity index (χ2v) is 7.45. The lowest BCUT2D eigenvalue weighted by atomic mass is 9.95. The molecule has 2 N–H and O–H groups in total. The Morgan fingerprint density at radius 1 is 1.22 bits per heavy atom. The molecular weight excluding hydrogens is 438 g/mol. The number of hydrogen-bond donors (Lipinski definition) is 2. The number of methoxy groups -OCH3 is 2. The van der Waals surface area contributed by atoms with Crippen LogP contribution < -0.4 is 20.1 Å². The summed E-state index contributed by atoms with van der Waals surface area (Å²) in [5.74, 6) is -0.0747. The highest BCUT2D eigenvalue weighted by atomic mass is 35.5. The van der Waals surface area contributed by atoms with Gasteiger partial charge in [0.05, 0.1) is 37.2 Å². The molecule has 2 aromatic rings. The highest BCUT2D eigenvalue weighted by Crippen LogP contribution is 2.37. The lowest BCUT2D eigenvalue weighted by molar-refractivity contribution is -0.136. The topological polar surface area (TPSA) is 106 Å². The molecule has 0 radical (unpaired) electrons. The normalized spacial score (nSPS) is 17.5. The maximum atomic E-state index is 12.9. The molecule has 10 heteroatoms. The van der Waals surface area contributed by atoms with Gasteiger partial charge < -0.3 is 24.8 Å². The van der Waals surface area contributed by atoms with Crippen LogP contribution in [-0.4, -0.2) is 50.2 Å². The van der Waals surface area contributed by atoms with Gasteiger partial charge in [0, 0.05) is 11.1 Å². The summed E-state index contributed by atoms with van der Waals surface area (Å²) in [4.78, 5) is 39.3. The van der Waals surface area contributed by atoms with Crippen molar-refractivity contribution in [3.63, 3.8) is 0 Å². The Morgan fingerprint density at radius 2 is 2.00 bits per heavy atom. The predicted octanol–water partition coefficient (Wildman–Crippen LogP) is 2.87. The summed E-state index contributed by atoms with van der Waals surface area (Å²) in [6.07, 6.45) is 0. The number of urea groups is 1. The summed E-state index contributed by atoms with van der Waals surface area (Å²) in [6, 6.07) is 10.5. The lowest BCUT2D eigenvalue weighted by Crippen LogP contribution is -2.49. The van der Waals surface area contributed by atoms with E-state index in [1.165, 1.54) is 19.1 Å². The summed E-state index contributed by atoms with van der Waals surface area (Å²) in [5.41, 5.74) is 1.58. The molecule has 9 nitrogen and oxygen atoms in total. The first-order chi connectivity index (χ1) is 15.4. The van der Waals surface area contributed by atoms with Crippen LogP contribution in [0.4, 0.5) is 10.5 Å². The first-order valence-corrected chi connectivity index (χ1v) is 10.0. The Bertz CT molecular complexity index is 1130. The predicted molar refractivity (Wildman–Crippen MR) is 116 cm³/mol. The van der Waals surface area contributed by atoms with Crippen LogP contribution in [0.2, 0.25) is 5.02 Å². The van der Waals surface area contributed by atoms with Crippen molar-refractivity contribution in [1.82, 2.24) is 10.2 Å². The maximum Gasteiger partial charge on any atom is 0.338 e. The molecule has 0 unspecified atom stereocenters. The van der Waals surface area contributed by atoms with Gasteiger partial charge in [-0.25, -0.2) is 9.59 Å². The molecule has 0 aromatic heterocycles. The van der Waals surface area contributed by atoms with Gasteiger partial charge >= 0.3 is 12.0 Å². The number of ether oxygens (including phenoxy) is 3. The molecule has 2 heterocycles. The number of nitrogens with one attached hydrogen (secondary N) is 2. The molecule has 0 spiro atoms. The average molecular weight is 458 g/mol. The van der Waals surface area contributed by atoms with E-state index in [0.29, 0.717) is 33.5 Å². The van der Waals surface area contributed by atoms with Crippen molar-refractivity contribution in [1.29, 1.82) is 0 Å². The minimum atomic E-state index is -0.762. The number of nitrogens with zero attached hydrogens (tertiary/aromatic N) is 1. The lowest BCUT2D eigenvalue weighted by Gasteiger charge is -2.32. The van der Waals surface area contributed by atoms with Crippen LogP contribution in [0.1, 0.15) is 11.6 Å². The van der Waals surface area contributed by atoms with Crippen molar-refractivity contribution >= 4 is 35.2 Å². The Hall–Kier alpha value is -3.72. The number of esters is 1. The van der Waals surface area contributed by atoms with Gasteiger partial charge in [-0.3, -0.25) is 9.69 Å². The molecule has 2 aliphatic heterocycles. The minimum absolute atomic E-state index is 0.109. The molecule has 3 amide bonds. The summed E-state index contributed by atoms with van der Waals surface area (Å²) < 4.78 is 15.6. The average Bonchev–Trinajstić information content (AvgIpc) is 3.17. The van der Waals surface area contributed by atoms with E-state index in [-0.39, 0.29) is 18.7 Å². The Balaban J connectivity index is 1.59. The fraction of sp³-hybridized carbons (Fsp3) is 0.227. The number of rotatable bonds is 6. The number of anilines is 1. The molecule has 0 saturated heterocycles. The van der Waals surface area contributed by atoms with Crippen LogP contribution in [0.25, 0.3) is 0 Å². The fourth-order valence-corrected chi connectivity index (χ4v) is 3.90. The second kappa shape index (κ2) is 8.80. The van der Waals surface area contributed by atoms with E-state index in [2.05, 4.69) is 10.6 Å². The standard InChI is InChI=1S/C22H20ClN3O6/c1-30-12-7-8-15(17(9-12)31-2)24-18(27)10-26-16-11-32-21(28)19(16)20(25-22(26)29)13-5-3-4-6-14(13)23/h3-9,20H,10-11H2,1-2H3,(H,24,27)(H,25,29)/t20-/m1/s1. The zero-order chi connectivity index (χ0) is 22.8. The summed E-state index contributed by atoms with van der Waals surface area (Å²) in [6.45, 7) is -0.437. The summed E-state index contributed by atoms with van der Waals surface area (Å²) in [5, 5.41) is 5.87. The van der Waals surface area contributed by atoms with Crippen LogP contribution in [0.5, 0.6) is 11.5 Å².